The number of ether oxygens (including phenoxy) is 1. The number of nitrogens with two attached hydrogens (primary N) is 1. The second-order valence-electron chi connectivity index (χ2n) is 4.85. The van der Waals surface area contributed by atoms with Crippen LogP contribution in [0.5, 0.6) is 5.75 Å². The molecular weight excluding hydrogens is 228 g/mol. The van der Waals surface area contributed by atoms with Crippen molar-refractivity contribution < 1.29 is 9.53 Å². The summed E-state index contributed by atoms with van der Waals surface area (Å²) in [6, 6.07) is 6.05. The van der Waals surface area contributed by atoms with Gasteiger partial charge in [0.15, 0.2) is 0 Å². The van der Waals surface area contributed by atoms with E-state index in [1.165, 1.54) is 11.1 Å². The Bertz CT molecular complexity index is 459. The first-order chi connectivity index (χ1) is 8.61. The molecule has 1 unspecified atom stereocenters. The lowest BCUT2D eigenvalue weighted by Crippen LogP contribution is -2.45. The van der Waals surface area contributed by atoms with Gasteiger partial charge in [-0.1, -0.05) is 6.07 Å². The summed E-state index contributed by atoms with van der Waals surface area (Å²) in [7, 11) is 3.56. The molecule has 98 valence electrons. The summed E-state index contributed by atoms with van der Waals surface area (Å²) in [5.74, 6) is 0.591. The number of rotatable bonds is 4. The molecule has 1 aromatic rings. The normalized spacial score (nSPS) is 22.3. The van der Waals surface area contributed by atoms with Crippen LogP contribution in [0.1, 0.15) is 30.4 Å². The van der Waals surface area contributed by atoms with Gasteiger partial charge in [0.2, 0.25) is 5.91 Å². The van der Waals surface area contributed by atoms with E-state index in [-0.39, 0.29) is 11.4 Å². The molecule has 4 heteroatoms. The third kappa shape index (κ3) is 2.20. The van der Waals surface area contributed by atoms with Crippen molar-refractivity contribution in [2.75, 3.05) is 14.2 Å². The minimum Gasteiger partial charge on any atom is -0.497 e. The molecular formula is C14H20N2O2. The average molecular weight is 248 g/mol. The maximum Gasteiger partial charge on any atom is 0.219 e. The van der Waals surface area contributed by atoms with E-state index in [2.05, 4.69) is 11.4 Å². The molecule has 0 aliphatic heterocycles. The Morgan fingerprint density at radius 2 is 2.33 bits per heavy atom. The van der Waals surface area contributed by atoms with E-state index < -0.39 is 0 Å². The van der Waals surface area contributed by atoms with Crippen molar-refractivity contribution in [2.24, 2.45) is 5.73 Å². The standard InChI is InChI=1S/C14H20N2O2/c1-16-14(9-13(15)17)7-3-4-10-8-11(18-2)5-6-12(10)14/h5-6,8,16H,3-4,7,9H2,1-2H3,(H2,15,17). The summed E-state index contributed by atoms with van der Waals surface area (Å²) in [5.41, 5.74) is 7.50. The summed E-state index contributed by atoms with van der Waals surface area (Å²) >= 11 is 0. The first kappa shape index (κ1) is 12.9. The molecule has 4 nitrogen and oxygen atoms in total. The molecule has 1 aliphatic rings. The van der Waals surface area contributed by atoms with Gasteiger partial charge in [0, 0.05) is 6.42 Å². The first-order valence-corrected chi connectivity index (χ1v) is 6.26. The maximum absolute atomic E-state index is 11.3. The fourth-order valence-corrected chi connectivity index (χ4v) is 2.92. The quantitative estimate of drug-likeness (QED) is 0.844. The minimum atomic E-state index is -0.314. The highest BCUT2D eigenvalue weighted by Gasteiger charge is 2.36. The van der Waals surface area contributed by atoms with Gasteiger partial charge in [-0.25, -0.2) is 0 Å². The minimum absolute atomic E-state index is 0.270. The van der Waals surface area contributed by atoms with Crippen molar-refractivity contribution in [3.8, 4) is 5.75 Å². The van der Waals surface area contributed by atoms with Crippen LogP contribution in [-0.2, 0) is 16.8 Å². The van der Waals surface area contributed by atoms with Crippen molar-refractivity contribution in [1.29, 1.82) is 0 Å². The molecule has 1 aromatic carbocycles. The van der Waals surface area contributed by atoms with Crippen LogP contribution < -0.4 is 15.8 Å². The summed E-state index contributed by atoms with van der Waals surface area (Å²) in [6.45, 7) is 0. The lowest BCUT2D eigenvalue weighted by atomic mass is 9.74. The molecule has 0 spiro atoms. The van der Waals surface area contributed by atoms with Gasteiger partial charge in [0.05, 0.1) is 12.6 Å². The molecule has 0 aromatic heterocycles. The highest BCUT2D eigenvalue weighted by molar-refractivity contribution is 5.75. The van der Waals surface area contributed by atoms with Gasteiger partial charge in [-0.05, 0) is 49.6 Å². The number of hydrogen-bond donors (Lipinski definition) is 2. The van der Waals surface area contributed by atoms with Crippen LogP contribution >= 0.6 is 0 Å². The lowest BCUT2D eigenvalue weighted by molar-refractivity contribution is -0.119. The lowest BCUT2D eigenvalue weighted by Gasteiger charge is -2.38. The molecule has 0 saturated carbocycles. The van der Waals surface area contributed by atoms with Crippen molar-refractivity contribution >= 4 is 5.91 Å². The number of carbonyl (C=O) groups is 1. The zero-order valence-corrected chi connectivity index (χ0v) is 11.0. The maximum atomic E-state index is 11.3. The van der Waals surface area contributed by atoms with E-state index in [4.69, 9.17) is 10.5 Å². The predicted octanol–water partition coefficient (Wildman–Crippen LogP) is 1.32. The first-order valence-electron chi connectivity index (χ1n) is 6.26. The number of hydrogen-bond acceptors (Lipinski definition) is 3. The zero-order valence-electron chi connectivity index (χ0n) is 11.0. The van der Waals surface area contributed by atoms with Crippen molar-refractivity contribution in [1.82, 2.24) is 5.32 Å². The third-order valence-electron chi connectivity index (χ3n) is 3.83. The van der Waals surface area contributed by atoms with Crippen LogP contribution in [0.2, 0.25) is 0 Å². The fourth-order valence-electron chi connectivity index (χ4n) is 2.92. The Balaban J connectivity index is 2.45. The van der Waals surface area contributed by atoms with Gasteiger partial charge in [0.1, 0.15) is 5.75 Å². The predicted molar refractivity (Wildman–Crippen MR) is 70.5 cm³/mol. The molecule has 0 saturated heterocycles. The van der Waals surface area contributed by atoms with Gasteiger partial charge in [-0.15, -0.1) is 0 Å². The Kier molecular flexibility index (Phi) is 3.57. The molecule has 1 aliphatic carbocycles. The molecule has 0 heterocycles. The van der Waals surface area contributed by atoms with E-state index >= 15 is 0 Å². The number of fused-ring (bicyclic) bond motifs is 1. The average Bonchev–Trinajstić information content (AvgIpc) is 2.37. The molecule has 3 N–H and O–H groups in total. The van der Waals surface area contributed by atoms with Gasteiger partial charge in [-0.2, -0.15) is 0 Å². The summed E-state index contributed by atoms with van der Waals surface area (Å²) in [4.78, 5) is 11.3. The van der Waals surface area contributed by atoms with Crippen LogP contribution in [0.3, 0.4) is 0 Å². The van der Waals surface area contributed by atoms with Gasteiger partial charge >= 0.3 is 0 Å². The Morgan fingerprint density at radius 1 is 1.56 bits per heavy atom. The SMILES string of the molecule is CNC1(CC(N)=O)CCCc2cc(OC)ccc21. The van der Waals surface area contributed by atoms with Crippen LogP contribution in [0, 0.1) is 0 Å². The largest absolute Gasteiger partial charge is 0.497 e. The number of nitrogens with one attached hydrogen (secondary N) is 1. The van der Waals surface area contributed by atoms with Gasteiger partial charge in [0.25, 0.3) is 0 Å². The zero-order chi connectivity index (χ0) is 13.2. The molecule has 0 fully saturated rings. The number of amides is 1. The highest BCUT2D eigenvalue weighted by atomic mass is 16.5. The molecule has 1 atom stereocenters. The van der Waals surface area contributed by atoms with Crippen LogP contribution in [-0.4, -0.2) is 20.1 Å². The Labute approximate surface area is 108 Å². The third-order valence-corrected chi connectivity index (χ3v) is 3.83. The monoisotopic (exact) mass is 248 g/mol. The summed E-state index contributed by atoms with van der Waals surface area (Å²) in [6.07, 6.45) is 3.34. The Hall–Kier alpha value is -1.55. The van der Waals surface area contributed by atoms with Crippen LogP contribution in [0.25, 0.3) is 0 Å². The molecule has 1 amide bonds. The summed E-state index contributed by atoms with van der Waals surface area (Å²) < 4.78 is 5.25. The second-order valence-corrected chi connectivity index (χ2v) is 4.85. The highest BCUT2D eigenvalue weighted by Crippen LogP contribution is 2.38. The molecule has 2 rings (SSSR count). The van der Waals surface area contributed by atoms with E-state index in [0.717, 1.165) is 25.0 Å². The Morgan fingerprint density at radius 3 is 2.94 bits per heavy atom. The van der Waals surface area contributed by atoms with Gasteiger partial charge < -0.3 is 15.8 Å². The molecule has 0 radical (unpaired) electrons. The van der Waals surface area contributed by atoms with Gasteiger partial charge in [-0.3, -0.25) is 4.79 Å². The number of aryl methyl sites for hydroxylation is 1. The van der Waals surface area contributed by atoms with E-state index in [1.54, 1.807) is 7.11 Å². The number of primary amides is 1. The number of carbonyl (C=O) groups excluding carboxylic acids is 1. The molecule has 18 heavy (non-hydrogen) atoms. The number of benzene rings is 1. The van der Waals surface area contributed by atoms with E-state index in [1.807, 2.05) is 19.2 Å². The topological polar surface area (TPSA) is 64.3 Å². The van der Waals surface area contributed by atoms with Crippen molar-refractivity contribution in [2.45, 2.75) is 31.2 Å². The summed E-state index contributed by atoms with van der Waals surface area (Å²) in [5, 5.41) is 3.30. The number of methoxy groups -OCH3 is 1. The smallest absolute Gasteiger partial charge is 0.219 e. The second kappa shape index (κ2) is 4.98. The fraction of sp³-hybridized carbons (Fsp3) is 0.500. The van der Waals surface area contributed by atoms with Crippen LogP contribution in [0.4, 0.5) is 0 Å². The van der Waals surface area contributed by atoms with E-state index in [9.17, 15) is 4.79 Å². The molecule has 0 bridgehead atoms. The van der Waals surface area contributed by atoms with E-state index in [0.29, 0.717) is 6.42 Å². The van der Waals surface area contributed by atoms with Crippen LogP contribution in [0.15, 0.2) is 18.2 Å². The van der Waals surface area contributed by atoms with Crippen molar-refractivity contribution in [3.05, 3.63) is 29.3 Å². The van der Waals surface area contributed by atoms with Crippen molar-refractivity contribution in [3.63, 3.8) is 0 Å².